The first-order chi connectivity index (χ1) is 7.33. The Kier molecular flexibility index (Phi) is 6.94. The third-order valence-electron chi connectivity index (χ3n) is 2.50. The monoisotopic (exact) mass is 243 g/mol. The Bertz CT molecular complexity index is 181. The topological polar surface area (TPSA) is 41.5 Å². The highest BCUT2D eigenvalue weighted by atomic mass is 19.4. The lowest BCUT2D eigenvalue weighted by Crippen LogP contribution is -2.43. The highest BCUT2D eigenvalue weighted by Crippen LogP contribution is 2.19. The van der Waals surface area contributed by atoms with Gasteiger partial charge in [-0.25, -0.2) is 0 Å². The highest BCUT2D eigenvalue weighted by molar-refractivity contribution is 4.79. The Hall–Kier alpha value is -0.330. The number of halogens is 3. The first kappa shape index (κ1) is 15.7. The van der Waals surface area contributed by atoms with Gasteiger partial charge in [0.15, 0.2) is 0 Å². The van der Waals surface area contributed by atoms with Crippen LogP contribution in [0.15, 0.2) is 0 Å². The third-order valence-corrected chi connectivity index (χ3v) is 2.50. The van der Waals surface area contributed by atoms with Crippen LogP contribution in [0.1, 0.15) is 26.2 Å². The average Bonchev–Trinajstić information content (AvgIpc) is 2.21. The molecule has 0 aromatic rings. The largest absolute Gasteiger partial charge is 0.394 e. The Morgan fingerprint density at radius 2 is 1.81 bits per heavy atom. The lowest BCUT2D eigenvalue weighted by atomic mass is 9.97. The minimum absolute atomic E-state index is 0.00789. The summed E-state index contributed by atoms with van der Waals surface area (Å²) in [5.74, 6) is 0. The summed E-state index contributed by atoms with van der Waals surface area (Å²) in [4.78, 5) is 0. The molecule has 98 valence electrons. The zero-order valence-electron chi connectivity index (χ0n) is 9.73. The van der Waals surface area contributed by atoms with E-state index in [-0.39, 0.29) is 25.4 Å². The molecule has 0 spiro atoms. The number of hydrogen-bond acceptors (Lipinski definition) is 3. The first-order valence-electron chi connectivity index (χ1n) is 5.27. The van der Waals surface area contributed by atoms with Crippen LogP contribution in [0.2, 0.25) is 0 Å². The molecule has 2 N–H and O–H groups in total. The van der Waals surface area contributed by atoms with Crippen LogP contribution in [0.3, 0.4) is 0 Å². The van der Waals surface area contributed by atoms with Crippen molar-refractivity contribution in [2.24, 2.45) is 0 Å². The summed E-state index contributed by atoms with van der Waals surface area (Å²) in [6.45, 7) is 1.83. The second kappa shape index (κ2) is 7.09. The highest BCUT2D eigenvalue weighted by Gasteiger charge is 2.26. The van der Waals surface area contributed by atoms with Crippen molar-refractivity contribution in [3.8, 4) is 0 Å². The van der Waals surface area contributed by atoms with Crippen molar-refractivity contribution in [3.63, 3.8) is 0 Å². The molecule has 0 aromatic carbocycles. The van der Waals surface area contributed by atoms with Gasteiger partial charge in [0.2, 0.25) is 0 Å². The molecule has 0 rings (SSSR count). The number of ether oxygens (including phenoxy) is 1. The number of aliphatic hydroxyl groups excluding tert-OH is 1. The van der Waals surface area contributed by atoms with Crippen LogP contribution in [-0.4, -0.2) is 43.7 Å². The smallest absolute Gasteiger partial charge is 0.391 e. The van der Waals surface area contributed by atoms with E-state index in [2.05, 4.69) is 5.32 Å². The van der Waals surface area contributed by atoms with Crippen LogP contribution in [0.5, 0.6) is 0 Å². The van der Waals surface area contributed by atoms with E-state index in [9.17, 15) is 13.2 Å². The average molecular weight is 243 g/mol. The second-order valence-electron chi connectivity index (χ2n) is 4.05. The molecule has 0 aliphatic heterocycles. The predicted octanol–water partition coefficient (Wildman–Crippen LogP) is 1.71. The SMILES string of the molecule is CNC(C)(CO)CCCOCCC(F)(F)F. The van der Waals surface area contributed by atoms with Crippen molar-refractivity contribution in [1.29, 1.82) is 0 Å². The summed E-state index contributed by atoms with van der Waals surface area (Å²) in [5.41, 5.74) is -0.382. The standard InChI is InChI=1S/C10H20F3NO2/c1-9(8-15,14-2)4-3-6-16-7-5-10(11,12)13/h14-15H,3-8H2,1-2H3. The van der Waals surface area contributed by atoms with E-state index in [1.807, 2.05) is 6.92 Å². The van der Waals surface area contributed by atoms with Gasteiger partial charge in [-0.05, 0) is 26.8 Å². The Morgan fingerprint density at radius 3 is 2.25 bits per heavy atom. The molecule has 6 heteroatoms. The molecule has 1 atom stereocenters. The quantitative estimate of drug-likeness (QED) is 0.638. The number of hydrogen-bond donors (Lipinski definition) is 2. The molecule has 0 fully saturated rings. The molecule has 0 aliphatic carbocycles. The maximum Gasteiger partial charge on any atom is 0.391 e. The summed E-state index contributed by atoms with van der Waals surface area (Å²) in [6.07, 6.45) is -3.78. The number of rotatable bonds is 8. The van der Waals surface area contributed by atoms with Crippen molar-refractivity contribution in [3.05, 3.63) is 0 Å². The fourth-order valence-corrected chi connectivity index (χ4v) is 1.14. The van der Waals surface area contributed by atoms with Crippen molar-refractivity contribution >= 4 is 0 Å². The van der Waals surface area contributed by atoms with E-state index in [1.54, 1.807) is 7.05 Å². The van der Waals surface area contributed by atoms with Crippen molar-refractivity contribution < 1.29 is 23.0 Å². The predicted molar refractivity (Wildman–Crippen MR) is 55.3 cm³/mol. The maximum absolute atomic E-state index is 11.7. The molecule has 0 aliphatic rings. The van der Waals surface area contributed by atoms with Gasteiger partial charge in [-0.3, -0.25) is 0 Å². The fourth-order valence-electron chi connectivity index (χ4n) is 1.14. The molecule has 0 bridgehead atoms. The van der Waals surface area contributed by atoms with E-state index in [1.165, 1.54) is 0 Å². The molecular formula is C10H20F3NO2. The normalized spacial score (nSPS) is 16.1. The molecule has 0 amide bonds. The lowest BCUT2D eigenvalue weighted by Gasteiger charge is -2.26. The van der Waals surface area contributed by atoms with Gasteiger partial charge in [-0.15, -0.1) is 0 Å². The summed E-state index contributed by atoms with van der Waals surface area (Å²) < 4.78 is 40.1. The number of nitrogens with one attached hydrogen (secondary N) is 1. The van der Waals surface area contributed by atoms with Crippen molar-refractivity contribution in [2.45, 2.75) is 37.9 Å². The van der Waals surface area contributed by atoms with E-state index in [0.717, 1.165) is 0 Å². The van der Waals surface area contributed by atoms with Gasteiger partial charge < -0.3 is 15.2 Å². The summed E-state index contributed by atoms with van der Waals surface area (Å²) >= 11 is 0. The molecule has 0 saturated heterocycles. The van der Waals surface area contributed by atoms with Gasteiger partial charge in [-0.1, -0.05) is 0 Å². The Balaban J connectivity index is 3.47. The van der Waals surface area contributed by atoms with Crippen molar-refractivity contribution in [2.75, 3.05) is 26.9 Å². The van der Waals surface area contributed by atoms with Crippen LogP contribution >= 0.6 is 0 Å². The van der Waals surface area contributed by atoms with Gasteiger partial charge in [0.25, 0.3) is 0 Å². The third kappa shape index (κ3) is 7.90. The molecule has 1 unspecified atom stereocenters. The fraction of sp³-hybridized carbons (Fsp3) is 1.00. The summed E-state index contributed by atoms with van der Waals surface area (Å²) in [5, 5.41) is 12.0. The van der Waals surface area contributed by atoms with Crippen LogP contribution in [0, 0.1) is 0 Å². The molecule has 0 heterocycles. The van der Waals surface area contributed by atoms with E-state index in [4.69, 9.17) is 9.84 Å². The first-order valence-corrected chi connectivity index (χ1v) is 5.27. The minimum atomic E-state index is -4.15. The van der Waals surface area contributed by atoms with E-state index >= 15 is 0 Å². The van der Waals surface area contributed by atoms with Crippen LogP contribution in [0.25, 0.3) is 0 Å². The van der Waals surface area contributed by atoms with Crippen LogP contribution < -0.4 is 5.32 Å². The number of aliphatic hydroxyl groups is 1. The van der Waals surface area contributed by atoms with Gasteiger partial charge >= 0.3 is 6.18 Å². The van der Waals surface area contributed by atoms with Gasteiger partial charge in [0, 0.05) is 12.1 Å². The zero-order chi connectivity index (χ0) is 12.7. The van der Waals surface area contributed by atoms with Gasteiger partial charge in [0.1, 0.15) is 0 Å². The Labute approximate surface area is 94.0 Å². The summed E-state index contributed by atoms with van der Waals surface area (Å²) in [6, 6.07) is 0. The number of alkyl halides is 3. The summed E-state index contributed by atoms with van der Waals surface area (Å²) in [7, 11) is 1.74. The molecule has 0 saturated carbocycles. The van der Waals surface area contributed by atoms with Crippen LogP contribution in [0.4, 0.5) is 13.2 Å². The van der Waals surface area contributed by atoms with Crippen molar-refractivity contribution in [1.82, 2.24) is 5.32 Å². The molecule has 3 nitrogen and oxygen atoms in total. The number of likely N-dealkylation sites (N-methyl/N-ethyl adjacent to an activating group) is 1. The van der Waals surface area contributed by atoms with E-state index in [0.29, 0.717) is 12.8 Å². The van der Waals surface area contributed by atoms with Crippen LogP contribution in [-0.2, 0) is 4.74 Å². The lowest BCUT2D eigenvalue weighted by molar-refractivity contribution is -0.145. The zero-order valence-corrected chi connectivity index (χ0v) is 9.73. The molecule has 16 heavy (non-hydrogen) atoms. The minimum Gasteiger partial charge on any atom is -0.394 e. The van der Waals surface area contributed by atoms with E-state index < -0.39 is 12.6 Å². The molecule has 0 radical (unpaired) electrons. The van der Waals surface area contributed by atoms with Gasteiger partial charge in [0.05, 0.1) is 19.6 Å². The van der Waals surface area contributed by atoms with Gasteiger partial charge in [-0.2, -0.15) is 13.2 Å². The maximum atomic E-state index is 11.7. The molecular weight excluding hydrogens is 223 g/mol. The second-order valence-corrected chi connectivity index (χ2v) is 4.05. The Morgan fingerprint density at radius 1 is 1.19 bits per heavy atom. The molecule has 0 aromatic heterocycles.